The number of aromatic carboxylic acids is 2. The van der Waals surface area contributed by atoms with Crippen LogP contribution in [0.5, 0.6) is 5.75 Å². The Labute approximate surface area is 137 Å². The van der Waals surface area contributed by atoms with E-state index in [1.807, 2.05) is 45.2 Å². The lowest BCUT2D eigenvalue weighted by Gasteiger charge is -2.14. The van der Waals surface area contributed by atoms with Crippen LogP contribution in [-0.2, 0) is 0 Å². The Balaban J connectivity index is 3.82. The lowest BCUT2D eigenvalue weighted by molar-refractivity contribution is 0.0693. The summed E-state index contributed by atoms with van der Waals surface area (Å²) in [6, 6.07) is 0. The van der Waals surface area contributed by atoms with Crippen molar-refractivity contribution in [2.75, 3.05) is 7.11 Å². The number of carboxylic acids is 2. The van der Waals surface area contributed by atoms with E-state index in [1.54, 1.807) is 22.6 Å². The van der Waals surface area contributed by atoms with Crippen LogP contribution in [0.3, 0.4) is 0 Å². The van der Waals surface area contributed by atoms with E-state index in [0.29, 0.717) is 7.14 Å². The van der Waals surface area contributed by atoms with Crippen molar-refractivity contribution >= 4 is 79.7 Å². The van der Waals surface area contributed by atoms with Crippen LogP contribution < -0.4 is 4.74 Å². The lowest BCUT2D eigenvalue weighted by Crippen LogP contribution is -2.13. The van der Waals surface area contributed by atoms with E-state index in [0.717, 1.165) is 0 Å². The first-order valence-electron chi connectivity index (χ1n) is 4.03. The SMILES string of the molecule is COc1c(I)c(C(=O)O)c(I)c(C(=O)O)c1I. The molecule has 0 unspecified atom stereocenters. The van der Waals surface area contributed by atoms with E-state index in [2.05, 4.69) is 0 Å². The van der Waals surface area contributed by atoms with E-state index in [1.165, 1.54) is 7.11 Å². The van der Waals surface area contributed by atoms with Gasteiger partial charge in [-0.3, -0.25) is 0 Å². The van der Waals surface area contributed by atoms with Crippen molar-refractivity contribution in [3.63, 3.8) is 0 Å². The quantitative estimate of drug-likeness (QED) is 0.544. The van der Waals surface area contributed by atoms with Gasteiger partial charge in [0.25, 0.3) is 0 Å². The van der Waals surface area contributed by atoms with Crippen molar-refractivity contribution in [1.29, 1.82) is 0 Å². The highest BCUT2D eigenvalue weighted by atomic mass is 127. The molecule has 0 atom stereocenters. The van der Waals surface area contributed by atoms with Crippen LogP contribution in [0.2, 0.25) is 0 Å². The van der Waals surface area contributed by atoms with Crippen molar-refractivity contribution in [2.24, 2.45) is 0 Å². The number of benzene rings is 1. The smallest absolute Gasteiger partial charge is 0.338 e. The third-order valence-corrected chi connectivity index (χ3v) is 5.05. The van der Waals surface area contributed by atoms with Gasteiger partial charge in [0.2, 0.25) is 0 Å². The molecule has 1 aromatic carbocycles. The van der Waals surface area contributed by atoms with Crippen molar-refractivity contribution in [2.45, 2.75) is 0 Å². The third-order valence-electron chi connectivity index (χ3n) is 1.91. The van der Waals surface area contributed by atoms with E-state index < -0.39 is 11.9 Å². The zero-order valence-corrected chi connectivity index (χ0v) is 14.7. The molecule has 1 rings (SSSR count). The predicted octanol–water partition coefficient (Wildman–Crippen LogP) is 2.91. The largest absolute Gasteiger partial charge is 0.494 e. The van der Waals surface area contributed by atoms with Gasteiger partial charge in [-0.05, 0) is 67.8 Å². The molecular formula is C9H5I3O5. The maximum atomic E-state index is 11.1. The van der Waals surface area contributed by atoms with E-state index in [-0.39, 0.29) is 20.4 Å². The predicted molar refractivity (Wildman–Crippen MR) is 85.1 cm³/mol. The molecule has 0 heterocycles. The number of carboxylic acid groups (broad SMARTS) is 2. The first-order valence-corrected chi connectivity index (χ1v) is 7.27. The average Bonchev–Trinajstić information content (AvgIpc) is 2.16. The molecule has 0 fully saturated rings. The molecule has 0 aliphatic rings. The summed E-state index contributed by atoms with van der Waals surface area (Å²) in [5.41, 5.74) is -0.0817. The Kier molecular flexibility index (Phi) is 5.24. The summed E-state index contributed by atoms with van der Waals surface area (Å²) in [6.07, 6.45) is 0. The number of hydrogen-bond acceptors (Lipinski definition) is 3. The zero-order chi connectivity index (χ0) is 13.3. The van der Waals surface area contributed by atoms with Gasteiger partial charge in [-0.1, -0.05) is 0 Å². The van der Waals surface area contributed by atoms with Crippen molar-refractivity contribution < 1.29 is 24.5 Å². The fourth-order valence-corrected chi connectivity index (χ4v) is 5.73. The highest BCUT2D eigenvalue weighted by Crippen LogP contribution is 2.36. The highest BCUT2D eigenvalue weighted by Gasteiger charge is 2.27. The second kappa shape index (κ2) is 5.86. The van der Waals surface area contributed by atoms with Gasteiger partial charge in [-0.25, -0.2) is 9.59 Å². The van der Waals surface area contributed by atoms with Gasteiger partial charge in [0.05, 0.1) is 25.4 Å². The van der Waals surface area contributed by atoms with Gasteiger partial charge in [-0.15, -0.1) is 0 Å². The van der Waals surface area contributed by atoms with Crippen molar-refractivity contribution in [1.82, 2.24) is 0 Å². The molecule has 5 nitrogen and oxygen atoms in total. The minimum Gasteiger partial charge on any atom is -0.494 e. The highest BCUT2D eigenvalue weighted by molar-refractivity contribution is 14.1. The summed E-state index contributed by atoms with van der Waals surface area (Å²) >= 11 is 5.41. The Morgan fingerprint density at radius 2 is 1.29 bits per heavy atom. The molecule has 1 aromatic rings. The summed E-state index contributed by atoms with van der Waals surface area (Å²) in [4.78, 5) is 22.3. The second-order valence-electron chi connectivity index (χ2n) is 2.84. The number of carbonyl (C=O) groups is 2. The molecule has 0 saturated carbocycles. The van der Waals surface area contributed by atoms with Gasteiger partial charge in [0.15, 0.2) is 0 Å². The van der Waals surface area contributed by atoms with Gasteiger partial charge in [-0.2, -0.15) is 0 Å². The van der Waals surface area contributed by atoms with Crippen molar-refractivity contribution in [3.05, 3.63) is 21.8 Å². The van der Waals surface area contributed by atoms with Crippen LogP contribution in [0.4, 0.5) is 0 Å². The molecule has 0 saturated heterocycles. The normalized spacial score (nSPS) is 10.1. The number of halogens is 3. The molecule has 0 spiro atoms. The standard InChI is InChI=1S/C9H5I3O5/c1-17-7-5(11)2(8(13)14)4(10)3(6(7)12)9(15)16/h1H3,(H,13,14)(H,15,16). The first-order chi connectivity index (χ1) is 7.82. The molecule has 8 heteroatoms. The molecule has 0 aliphatic carbocycles. The maximum absolute atomic E-state index is 11.1. The van der Waals surface area contributed by atoms with E-state index in [4.69, 9.17) is 14.9 Å². The molecule has 0 radical (unpaired) electrons. The summed E-state index contributed by atoms with van der Waals surface area (Å²) in [5.74, 6) is -2.06. The number of hydrogen-bond donors (Lipinski definition) is 2. The van der Waals surface area contributed by atoms with Crippen molar-refractivity contribution in [3.8, 4) is 5.75 Å². The molecule has 0 amide bonds. The molecule has 92 valence electrons. The summed E-state index contributed by atoms with van der Waals surface area (Å²) in [7, 11) is 1.38. The Morgan fingerprint density at radius 1 is 0.941 bits per heavy atom. The summed E-state index contributed by atoms with van der Waals surface area (Å²) in [6.45, 7) is 0. The first kappa shape index (κ1) is 15.2. The average molecular weight is 574 g/mol. The van der Waals surface area contributed by atoms with E-state index >= 15 is 0 Å². The number of ether oxygens (including phenoxy) is 1. The van der Waals surface area contributed by atoms with Crippen LogP contribution in [0.15, 0.2) is 0 Å². The molecule has 0 aliphatic heterocycles. The molecular weight excluding hydrogens is 569 g/mol. The molecule has 0 aromatic heterocycles. The second-order valence-corrected chi connectivity index (χ2v) is 6.07. The van der Waals surface area contributed by atoms with Gasteiger partial charge >= 0.3 is 11.9 Å². The Morgan fingerprint density at radius 3 is 1.53 bits per heavy atom. The van der Waals surface area contributed by atoms with E-state index in [9.17, 15) is 9.59 Å². The van der Waals surface area contributed by atoms with Crippen LogP contribution in [0, 0.1) is 10.7 Å². The molecule has 17 heavy (non-hydrogen) atoms. The number of rotatable bonds is 3. The minimum absolute atomic E-state index is 0.0409. The molecule has 0 bridgehead atoms. The lowest BCUT2D eigenvalue weighted by atomic mass is 10.1. The van der Waals surface area contributed by atoms with Crippen LogP contribution in [-0.4, -0.2) is 29.3 Å². The van der Waals surface area contributed by atoms with Gasteiger partial charge < -0.3 is 14.9 Å². The number of methoxy groups -OCH3 is 1. The Hall–Kier alpha value is 0.150. The summed E-state index contributed by atoms with van der Waals surface area (Å²) < 4.78 is 6.07. The zero-order valence-electron chi connectivity index (χ0n) is 8.25. The maximum Gasteiger partial charge on any atom is 0.338 e. The monoisotopic (exact) mass is 574 g/mol. The van der Waals surface area contributed by atoms with Gasteiger partial charge in [0, 0.05) is 3.57 Å². The minimum atomic E-state index is -1.17. The topological polar surface area (TPSA) is 83.8 Å². The summed E-state index contributed by atoms with van der Waals surface area (Å²) in [5, 5.41) is 18.2. The molecule has 2 N–H and O–H groups in total. The fraction of sp³-hybridized carbons (Fsp3) is 0.111. The van der Waals surface area contributed by atoms with Crippen LogP contribution in [0.25, 0.3) is 0 Å². The third kappa shape index (κ3) is 2.77. The fourth-order valence-electron chi connectivity index (χ4n) is 1.20. The van der Waals surface area contributed by atoms with Crippen LogP contribution in [0.1, 0.15) is 20.7 Å². The Bertz CT molecular complexity index is 471. The van der Waals surface area contributed by atoms with Crippen LogP contribution >= 0.6 is 67.8 Å². The van der Waals surface area contributed by atoms with Gasteiger partial charge in [0.1, 0.15) is 5.75 Å².